The molecule has 0 spiro atoms. The molecule has 0 atom stereocenters. The number of carbonyl (C=O) groups excluding carboxylic acids is 1. The summed E-state index contributed by atoms with van der Waals surface area (Å²) in [5.41, 5.74) is 3.35. The maximum atomic E-state index is 12.6. The van der Waals surface area contributed by atoms with Gasteiger partial charge in [0.2, 0.25) is 5.91 Å². The van der Waals surface area contributed by atoms with E-state index in [2.05, 4.69) is 15.5 Å². The SMILES string of the molecule is COc1ccc(-c2nnc(SCC(=O)Nc3cccc(Cl)c3C)n2-c2ccccc2)cc1. The Balaban J connectivity index is 1.59. The summed E-state index contributed by atoms with van der Waals surface area (Å²) in [6.07, 6.45) is 0. The average molecular weight is 465 g/mol. The summed E-state index contributed by atoms with van der Waals surface area (Å²) < 4.78 is 7.20. The van der Waals surface area contributed by atoms with Crippen LogP contribution in [0.3, 0.4) is 0 Å². The fourth-order valence-corrected chi connectivity index (χ4v) is 4.09. The summed E-state index contributed by atoms with van der Waals surface area (Å²) in [6, 6.07) is 22.9. The van der Waals surface area contributed by atoms with Crippen LogP contribution in [0.4, 0.5) is 5.69 Å². The zero-order chi connectivity index (χ0) is 22.5. The molecule has 6 nitrogen and oxygen atoms in total. The molecule has 1 aromatic heterocycles. The van der Waals surface area contributed by atoms with Crippen LogP contribution < -0.4 is 10.1 Å². The van der Waals surface area contributed by atoms with Gasteiger partial charge in [0.1, 0.15) is 5.75 Å². The first-order valence-electron chi connectivity index (χ1n) is 9.90. The van der Waals surface area contributed by atoms with Gasteiger partial charge in [-0.1, -0.05) is 47.6 Å². The van der Waals surface area contributed by atoms with Gasteiger partial charge >= 0.3 is 0 Å². The Hall–Kier alpha value is -3.29. The summed E-state index contributed by atoms with van der Waals surface area (Å²) in [4.78, 5) is 12.6. The lowest BCUT2D eigenvalue weighted by atomic mass is 10.2. The van der Waals surface area contributed by atoms with Crippen LogP contribution in [-0.2, 0) is 4.79 Å². The van der Waals surface area contributed by atoms with Crippen molar-refractivity contribution in [3.05, 3.63) is 83.4 Å². The quantitative estimate of drug-likeness (QED) is 0.359. The Bertz CT molecular complexity index is 1230. The van der Waals surface area contributed by atoms with Crippen LogP contribution in [0, 0.1) is 6.92 Å². The van der Waals surface area contributed by atoms with Gasteiger partial charge in [-0.25, -0.2) is 0 Å². The smallest absolute Gasteiger partial charge is 0.234 e. The number of hydrogen-bond donors (Lipinski definition) is 1. The third kappa shape index (κ3) is 4.79. The molecule has 0 aliphatic carbocycles. The standard InChI is InChI=1S/C24H21ClN4O2S/c1-16-20(25)9-6-10-21(16)26-22(30)15-32-24-28-27-23(17-11-13-19(31-2)14-12-17)29(24)18-7-4-3-5-8-18/h3-14H,15H2,1-2H3,(H,26,30). The fourth-order valence-electron chi connectivity index (χ4n) is 3.16. The summed E-state index contributed by atoms with van der Waals surface area (Å²) in [7, 11) is 1.63. The third-order valence-electron chi connectivity index (χ3n) is 4.87. The molecule has 4 aromatic rings. The highest BCUT2D eigenvalue weighted by atomic mass is 35.5. The van der Waals surface area contributed by atoms with Crippen molar-refractivity contribution in [2.75, 3.05) is 18.2 Å². The molecule has 0 bridgehead atoms. The fraction of sp³-hybridized carbons (Fsp3) is 0.125. The number of nitrogens with zero attached hydrogens (tertiary/aromatic N) is 3. The first-order valence-corrected chi connectivity index (χ1v) is 11.3. The topological polar surface area (TPSA) is 69.0 Å². The molecule has 8 heteroatoms. The van der Waals surface area contributed by atoms with E-state index in [1.54, 1.807) is 13.2 Å². The molecule has 162 valence electrons. The number of nitrogens with one attached hydrogen (secondary N) is 1. The van der Waals surface area contributed by atoms with Gasteiger partial charge in [-0.2, -0.15) is 0 Å². The Kier molecular flexibility index (Phi) is 6.78. The van der Waals surface area contributed by atoms with Gasteiger partial charge in [-0.3, -0.25) is 9.36 Å². The van der Waals surface area contributed by atoms with E-state index in [0.717, 1.165) is 22.6 Å². The Morgan fingerprint density at radius 2 is 1.78 bits per heavy atom. The molecule has 1 heterocycles. The van der Waals surface area contributed by atoms with E-state index in [1.807, 2.05) is 78.2 Å². The highest BCUT2D eigenvalue weighted by Gasteiger charge is 2.17. The maximum Gasteiger partial charge on any atom is 0.234 e. The number of halogens is 1. The normalized spacial score (nSPS) is 10.7. The first kappa shape index (κ1) is 21.9. The summed E-state index contributed by atoms with van der Waals surface area (Å²) in [5.74, 6) is 1.49. The van der Waals surface area contributed by atoms with Crippen molar-refractivity contribution < 1.29 is 9.53 Å². The molecular formula is C24H21ClN4O2S. The van der Waals surface area contributed by atoms with Crippen LogP contribution >= 0.6 is 23.4 Å². The second kappa shape index (κ2) is 9.89. The lowest BCUT2D eigenvalue weighted by Crippen LogP contribution is -2.15. The minimum Gasteiger partial charge on any atom is -0.497 e. The van der Waals surface area contributed by atoms with Crippen LogP contribution in [0.2, 0.25) is 5.02 Å². The largest absolute Gasteiger partial charge is 0.497 e. The number of hydrogen-bond acceptors (Lipinski definition) is 5. The van der Waals surface area contributed by atoms with E-state index >= 15 is 0 Å². The van der Waals surface area contributed by atoms with Crippen molar-refractivity contribution in [1.82, 2.24) is 14.8 Å². The number of para-hydroxylation sites is 1. The van der Waals surface area contributed by atoms with Gasteiger partial charge in [0.15, 0.2) is 11.0 Å². The van der Waals surface area contributed by atoms with Crippen LogP contribution in [0.15, 0.2) is 78.0 Å². The molecule has 3 aromatic carbocycles. The Labute approximate surface area is 195 Å². The predicted octanol–water partition coefficient (Wildman–Crippen LogP) is 5.64. The lowest BCUT2D eigenvalue weighted by molar-refractivity contribution is -0.113. The molecule has 1 N–H and O–H groups in total. The number of benzene rings is 3. The molecule has 4 rings (SSSR count). The predicted molar refractivity (Wildman–Crippen MR) is 129 cm³/mol. The number of rotatable bonds is 7. The molecule has 1 amide bonds. The molecule has 0 saturated heterocycles. The highest BCUT2D eigenvalue weighted by Crippen LogP contribution is 2.29. The minimum absolute atomic E-state index is 0.144. The second-order valence-corrected chi connectivity index (χ2v) is 8.30. The van der Waals surface area contributed by atoms with Gasteiger partial charge in [-0.05, 0) is 61.0 Å². The molecule has 0 aliphatic heterocycles. The van der Waals surface area contributed by atoms with Gasteiger partial charge in [0.05, 0.1) is 12.9 Å². The average Bonchev–Trinajstić information content (AvgIpc) is 3.25. The summed E-state index contributed by atoms with van der Waals surface area (Å²) >= 11 is 7.47. The van der Waals surface area contributed by atoms with Crippen molar-refractivity contribution in [1.29, 1.82) is 0 Å². The molecule has 0 radical (unpaired) electrons. The van der Waals surface area contributed by atoms with Gasteiger partial charge in [-0.15, -0.1) is 10.2 Å². The minimum atomic E-state index is -0.144. The number of carbonyl (C=O) groups is 1. The number of anilines is 1. The van der Waals surface area contributed by atoms with Crippen LogP contribution in [-0.4, -0.2) is 33.5 Å². The maximum absolute atomic E-state index is 12.6. The van der Waals surface area contributed by atoms with Crippen molar-refractivity contribution in [2.45, 2.75) is 12.1 Å². The number of aromatic nitrogens is 3. The molecule has 0 unspecified atom stereocenters. The first-order chi connectivity index (χ1) is 15.6. The molecule has 0 fully saturated rings. The zero-order valence-corrected chi connectivity index (χ0v) is 19.2. The van der Waals surface area contributed by atoms with Crippen molar-refractivity contribution in [3.8, 4) is 22.8 Å². The van der Waals surface area contributed by atoms with E-state index in [4.69, 9.17) is 16.3 Å². The summed E-state index contributed by atoms with van der Waals surface area (Å²) in [5, 5.41) is 12.9. The van der Waals surface area contributed by atoms with E-state index in [9.17, 15) is 4.79 Å². The van der Waals surface area contributed by atoms with Gasteiger partial charge in [0.25, 0.3) is 0 Å². The Morgan fingerprint density at radius 3 is 2.50 bits per heavy atom. The zero-order valence-electron chi connectivity index (χ0n) is 17.6. The number of ether oxygens (including phenoxy) is 1. The highest BCUT2D eigenvalue weighted by molar-refractivity contribution is 7.99. The monoisotopic (exact) mass is 464 g/mol. The van der Waals surface area contributed by atoms with E-state index < -0.39 is 0 Å². The molecular weight excluding hydrogens is 444 g/mol. The van der Waals surface area contributed by atoms with E-state index in [-0.39, 0.29) is 11.7 Å². The second-order valence-electron chi connectivity index (χ2n) is 6.95. The number of methoxy groups -OCH3 is 1. The van der Waals surface area contributed by atoms with Crippen LogP contribution in [0.1, 0.15) is 5.56 Å². The molecule has 0 aliphatic rings. The van der Waals surface area contributed by atoms with Gasteiger partial charge < -0.3 is 10.1 Å². The van der Waals surface area contributed by atoms with Crippen molar-refractivity contribution in [3.63, 3.8) is 0 Å². The number of amides is 1. The summed E-state index contributed by atoms with van der Waals surface area (Å²) in [6.45, 7) is 1.87. The van der Waals surface area contributed by atoms with Crippen molar-refractivity contribution >= 4 is 35.0 Å². The van der Waals surface area contributed by atoms with Crippen LogP contribution in [0.5, 0.6) is 5.75 Å². The molecule has 0 saturated carbocycles. The lowest BCUT2D eigenvalue weighted by Gasteiger charge is -2.11. The Morgan fingerprint density at radius 1 is 1.03 bits per heavy atom. The van der Waals surface area contributed by atoms with E-state index in [1.165, 1.54) is 11.8 Å². The molecule has 32 heavy (non-hydrogen) atoms. The number of thioether (sulfide) groups is 1. The van der Waals surface area contributed by atoms with Crippen LogP contribution in [0.25, 0.3) is 17.1 Å². The van der Waals surface area contributed by atoms with E-state index in [0.29, 0.717) is 21.7 Å². The van der Waals surface area contributed by atoms with Gasteiger partial charge in [0, 0.05) is 22.0 Å². The third-order valence-corrected chi connectivity index (χ3v) is 6.21. The van der Waals surface area contributed by atoms with Crippen molar-refractivity contribution in [2.24, 2.45) is 0 Å².